The Bertz CT molecular complexity index is 1460. The van der Waals surface area contributed by atoms with Gasteiger partial charge in [-0.3, -0.25) is 4.72 Å². The van der Waals surface area contributed by atoms with Crippen LogP contribution in [0.25, 0.3) is 22.2 Å². The van der Waals surface area contributed by atoms with Crippen LogP contribution in [0.1, 0.15) is 31.7 Å². The first-order valence-electron chi connectivity index (χ1n) is 10.5. The van der Waals surface area contributed by atoms with E-state index in [9.17, 15) is 8.42 Å². The molecule has 0 saturated heterocycles. The summed E-state index contributed by atoms with van der Waals surface area (Å²) in [6.45, 7) is 0. The quantitative estimate of drug-likeness (QED) is 0.354. The normalized spacial score (nSPS) is 14.7. The molecule has 0 atom stereocenters. The fourth-order valence-corrected chi connectivity index (χ4v) is 6.06. The van der Waals surface area contributed by atoms with Crippen LogP contribution < -0.4 is 10.5 Å². The van der Waals surface area contributed by atoms with Crippen LogP contribution in [0.3, 0.4) is 0 Å². The van der Waals surface area contributed by atoms with Crippen LogP contribution >= 0.6 is 23.2 Å². The van der Waals surface area contributed by atoms with Gasteiger partial charge in [-0.15, -0.1) is 0 Å². The van der Waals surface area contributed by atoms with E-state index in [0.29, 0.717) is 16.9 Å². The van der Waals surface area contributed by atoms with E-state index >= 15 is 0 Å². The minimum Gasteiger partial charge on any atom is -0.383 e. The Balaban J connectivity index is 1.54. The molecule has 0 bridgehead atoms. The number of anilines is 2. The molecule has 4 aromatic rings. The van der Waals surface area contributed by atoms with Crippen molar-refractivity contribution in [2.24, 2.45) is 0 Å². The van der Waals surface area contributed by atoms with Crippen molar-refractivity contribution in [2.75, 3.05) is 10.5 Å². The monoisotopic (exact) mass is 501 g/mol. The van der Waals surface area contributed by atoms with Gasteiger partial charge in [0.25, 0.3) is 10.0 Å². The molecule has 0 unspecified atom stereocenters. The third-order valence-electron chi connectivity index (χ3n) is 5.99. The van der Waals surface area contributed by atoms with Gasteiger partial charge < -0.3 is 10.3 Å². The molecule has 2 heterocycles. The van der Waals surface area contributed by atoms with Crippen LogP contribution in [0, 0.1) is 0 Å². The highest BCUT2D eigenvalue weighted by Crippen LogP contribution is 2.40. The Morgan fingerprint density at radius 1 is 1.06 bits per heavy atom. The lowest BCUT2D eigenvalue weighted by molar-refractivity contribution is 0.532. The average Bonchev–Trinajstić information content (AvgIpc) is 3.44. The van der Waals surface area contributed by atoms with E-state index in [1.807, 2.05) is 12.3 Å². The lowest BCUT2D eigenvalue weighted by atomic mass is 10.1. The van der Waals surface area contributed by atoms with Crippen LogP contribution in [-0.2, 0) is 10.0 Å². The summed E-state index contributed by atoms with van der Waals surface area (Å²) in [6, 6.07) is 11.6. The maximum absolute atomic E-state index is 12.8. The number of nitrogens with one attached hydrogen (secondary N) is 1. The number of sulfonamides is 1. The third kappa shape index (κ3) is 4.14. The topological polar surface area (TPSA) is 103 Å². The van der Waals surface area contributed by atoms with Crippen molar-refractivity contribution < 1.29 is 8.42 Å². The number of nitrogens with two attached hydrogens (primary N) is 1. The van der Waals surface area contributed by atoms with E-state index in [1.165, 1.54) is 31.3 Å². The van der Waals surface area contributed by atoms with Crippen molar-refractivity contribution in [1.29, 1.82) is 0 Å². The van der Waals surface area contributed by atoms with E-state index in [-0.39, 0.29) is 15.6 Å². The molecule has 1 aliphatic rings. The molecule has 2 aromatic heterocycles. The molecule has 0 radical (unpaired) electrons. The first-order valence-corrected chi connectivity index (χ1v) is 12.8. The maximum Gasteiger partial charge on any atom is 0.261 e. The Labute approximate surface area is 201 Å². The van der Waals surface area contributed by atoms with Crippen molar-refractivity contribution in [3.8, 4) is 11.1 Å². The molecule has 0 amide bonds. The minimum atomic E-state index is -3.85. The Morgan fingerprint density at radius 2 is 1.85 bits per heavy atom. The molecule has 1 saturated carbocycles. The Morgan fingerprint density at radius 3 is 2.58 bits per heavy atom. The predicted molar refractivity (Wildman–Crippen MR) is 132 cm³/mol. The number of halogens is 2. The molecular weight excluding hydrogens is 481 g/mol. The van der Waals surface area contributed by atoms with E-state index in [0.717, 1.165) is 35.0 Å². The fourth-order valence-electron chi connectivity index (χ4n) is 4.39. The van der Waals surface area contributed by atoms with E-state index < -0.39 is 10.0 Å². The highest BCUT2D eigenvalue weighted by Gasteiger charge is 2.23. The molecule has 2 aromatic carbocycles. The maximum atomic E-state index is 12.8. The van der Waals surface area contributed by atoms with E-state index in [2.05, 4.69) is 19.3 Å². The van der Waals surface area contributed by atoms with E-state index in [1.54, 1.807) is 24.3 Å². The molecule has 1 aliphatic carbocycles. The lowest BCUT2D eigenvalue weighted by Crippen LogP contribution is -2.13. The summed E-state index contributed by atoms with van der Waals surface area (Å²) in [6.07, 6.45) is 8.10. The second-order valence-electron chi connectivity index (χ2n) is 8.10. The summed E-state index contributed by atoms with van der Waals surface area (Å²) in [7, 11) is -3.85. The van der Waals surface area contributed by atoms with Crippen LogP contribution in [0.15, 0.2) is 59.9 Å². The summed E-state index contributed by atoms with van der Waals surface area (Å²) < 4.78 is 30.2. The number of benzene rings is 2. The van der Waals surface area contributed by atoms with Gasteiger partial charge in [0.15, 0.2) is 0 Å². The minimum absolute atomic E-state index is 0.0553. The van der Waals surface area contributed by atoms with Gasteiger partial charge >= 0.3 is 0 Å². The van der Waals surface area contributed by atoms with Crippen molar-refractivity contribution >= 4 is 55.8 Å². The number of nitrogens with zero attached hydrogens (tertiary/aromatic N) is 3. The first kappa shape index (κ1) is 22.0. The second-order valence-corrected chi connectivity index (χ2v) is 10.6. The molecule has 7 nitrogen and oxygen atoms in total. The van der Waals surface area contributed by atoms with Gasteiger partial charge in [0.2, 0.25) is 0 Å². The summed E-state index contributed by atoms with van der Waals surface area (Å²) in [5, 5.41) is 1.36. The predicted octanol–water partition coefficient (Wildman–Crippen LogP) is 5.90. The van der Waals surface area contributed by atoms with Crippen LogP contribution in [-0.4, -0.2) is 23.0 Å². The van der Waals surface area contributed by atoms with Gasteiger partial charge in [0.1, 0.15) is 17.8 Å². The van der Waals surface area contributed by atoms with Crippen molar-refractivity contribution in [1.82, 2.24) is 14.5 Å². The molecule has 10 heteroatoms. The molecule has 5 rings (SSSR count). The Hall–Kier alpha value is -2.81. The number of hydrogen-bond donors (Lipinski definition) is 2. The molecule has 0 aliphatic heterocycles. The molecular formula is C23H21Cl2N5O2S. The highest BCUT2D eigenvalue weighted by molar-refractivity contribution is 7.92. The van der Waals surface area contributed by atoms with Gasteiger partial charge in [-0.25, -0.2) is 18.4 Å². The summed E-state index contributed by atoms with van der Waals surface area (Å²) >= 11 is 12.4. The summed E-state index contributed by atoms with van der Waals surface area (Å²) in [5.74, 6) is 0.397. The van der Waals surface area contributed by atoms with Gasteiger partial charge in [0.05, 0.1) is 21.0 Å². The van der Waals surface area contributed by atoms with Gasteiger partial charge in [-0.05, 0) is 48.7 Å². The standard InChI is InChI=1S/C23H21Cl2N5O2S/c24-15-4-3-7-17(11-15)33(31,32)29-20-9-8-14(10-19(20)25)18-12-30(16-5-1-2-6-16)23-21(18)22(26)27-13-28-23/h3-4,7-13,16,29H,1-2,5-6H2,(H2,26,27,28). The first-order chi connectivity index (χ1) is 15.8. The molecule has 170 valence electrons. The molecule has 0 spiro atoms. The van der Waals surface area contributed by atoms with Gasteiger partial charge in [-0.1, -0.05) is 48.2 Å². The molecule has 33 heavy (non-hydrogen) atoms. The zero-order valence-corrected chi connectivity index (χ0v) is 19.8. The summed E-state index contributed by atoms with van der Waals surface area (Å²) in [5.41, 5.74) is 8.96. The number of rotatable bonds is 5. The number of hydrogen-bond acceptors (Lipinski definition) is 5. The number of nitrogen functional groups attached to an aromatic ring is 1. The fraction of sp³-hybridized carbons (Fsp3) is 0.217. The second kappa shape index (κ2) is 8.52. The summed E-state index contributed by atoms with van der Waals surface area (Å²) in [4.78, 5) is 8.73. The van der Waals surface area contributed by atoms with Crippen LogP contribution in [0.2, 0.25) is 10.0 Å². The number of fused-ring (bicyclic) bond motifs is 1. The smallest absolute Gasteiger partial charge is 0.261 e. The number of aromatic nitrogens is 3. The van der Waals surface area contributed by atoms with Gasteiger partial charge in [-0.2, -0.15) is 0 Å². The SMILES string of the molecule is Nc1ncnc2c1c(-c1ccc(NS(=O)(=O)c3cccc(Cl)c3)c(Cl)c1)cn2C1CCCC1. The van der Waals surface area contributed by atoms with Crippen molar-refractivity contribution in [3.63, 3.8) is 0 Å². The lowest BCUT2D eigenvalue weighted by Gasteiger charge is -2.12. The van der Waals surface area contributed by atoms with Crippen LogP contribution in [0.5, 0.6) is 0 Å². The molecule has 1 fully saturated rings. The zero-order chi connectivity index (χ0) is 23.2. The van der Waals surface area contributed by atoms with Crippen molar-refractivity contribution in [3.05, 3.63) is 65.0 Å². The average molecular weight is 502 g/mol. The third-order valence-corrected chi connectivity index (χ3v) is 7.90. The zero-order valence-electron chi connectivity index (χ0n) is 17.5. The molecule has 3 N–H and O–H groups in total. The van der Waals surface area contributed by atoms with E-state index in [4.69, 9.17) is 28.9 Å². The van der Waals surface area contributed by atoms with Crippen molar-refractivity contribution in [2.45, 2.75) is 36.6 Å². The van der Waals surface area contributed by atoms with Crippen LogP contribution in [0.4, 0.5) is 11.5 Å². The highest BCUT2D eigenvalue weighted by atomic mass is 35.5. The Kier molecular flexibility index (Phi) is 5.68. The largest absolute Gasteiger partial charge is 0.383 e. The van der Waals surface area contributed by atoms with Gasteiger partial charge in [0, 0.05) is 22.8 Å².